The summed E-state index contributed by atoms with van der Waals surface area (Å²) in [6, 6.07) is 4.63. The van der Waals surface area contributed by atoms with Gasteiger partial charge >= 0.3 is 0 Å². The average Bonchev–Trinajstić information content (AvgIpc) is 3.25. The van der Waals surface area contributed by atoms with Crippen LogP contribution in [-0.4, -0.2) is 56.7 Å². The molecule has 0 radical (unpaired) electrons. The number of hydrogen-bond acceptors (Lipinski definition) is 5. The number of nitrogens with one attached hydrogen (secondary N) is 1. The zero-order chi connectivity index (χ0) is 23.7. The molecule has 1 aromatic carbocycles. The molecule has 3 heterocycles. The molecule has 2 atom stereocenters. The first-order valence-electron chi connectivity index (χ1n) is 11.0. The number of amides is 1. The molecular weight excluding hydrogens is 426 g/mol. The van der Waals surface area contributed by atoms with Crippen LogP contribution in [0.4, 0.5) is 14.5 Å². The van der Waals surface area contributed by atoms with Crippen LogP contribution in [0.3, 0.4) is 0 Å². The van der Waals surface area contributed by atoms with Crippen molar-refractivity contribution in [2.24, 2.45) is 5.73 Å². The van der Waals surface area contributed by atoms with Crippen LogP contribution in [0.25, 0.3) is 16.9 Å². The van der Waals surface area contributed by atoms with Crippen molar-refractivity contribution in [2.45, 2.75) is 45.4 Å². The highest BCUT2D eigenvalue weighted by Gasteiger charge is 2.30. The van der Waals surface area contributed by atoms with Gasteiger partial charge in [0.15, 0.2) is 0 Å². The highest BCUT2D eigenvalue weighted by molar-refractivity contribution is 5.93. The molecule has 4 rings (SSSR count). The number of halogens is 2. The van der Waals surface area contributed by atoms with Crippen LogP contribution in [0, 0.1) is 12.7 Å². The van der Waals surface area contributed by atoms with Gasteiger partial charge in [-0.2, -0.15) is 0 Å². The Morgan fingerprint density at radius 3 is 2.76 bits per heavy atom. The number of piperidine rings is 1. The van der Waals surface area contributed by atoms with Crippen LogP contribution in [0.2, 0.25) is 0 Å². The maximum absolute atomic E-state index is 14.7. The van der Waals surface area contributed by atoms with Gasteiger partial charge in [-0.05, 0) is 51.0 Å². The lowest BCUT2D eigenvalue weighted by Crippen LogP contribution is -2.50. The summed E-state index contributed by atoms with van der Waals surface area (Å²) >= 11 is 0. The minimum absolute atomic E-state index is 0.178. The predicted octanol–water partition coefficient (Wildman–Crippen LogP) is 3.71. The fraction of sp³-hybridized carbons (Fsp3) is 0.375. The van der Waals surface area contributed by atoms with Crippen molar-refractivity contribution in [3.8, 4) is 16.9 Å². The number of pyridine rings is 1. The maximum Gasteiger partial charge on any atom is 0.251 e. The third-order valence-electron chi connectivity index (χ3n) is 6.10. The number of likely N-dealkylation sites (tertiary alicyclic amines) is 1. The molecule has 0 aliphatic carbocycles. The second-order valence-electron chi connectivity index (χ2n) is 8.76. The standard InChI is InChI=1S/C24H28F2N6O/c1-14(2)31-5-4-21(20(26)11-31)30-17-7-16(9-28-10-17)22-12-32(13-29-22)23-8-18(24(27)33)19(25)6-15(23)3/h6-10,12-14,20-21,30H,4-5,11H2,1-3H3,(H2,27,33)/t20-,21?/m1/s1. The van der Waals surface area contributed by atoms with Crippen LogP contribution in [0.1, 0.15) is 36.2 Å². The number of imidazole rings is 1. The van der Waals surface area contributed by atoms with E-state index in [0.29, 0.717) is 36.0 Å². The molecule has 3 aromatic rings. The number of rotatable bonds is 6. The SMILES string of the molecule is Cc1cc(F)c(C(N)=O)cc1-n1cnc(-c2cncc(NC3CCN(C(C)C)C[C@H]3F)c2)c1. The van der Waals surface area contributed by atoms with E-state index < -0.39 is 17.9 Å². The monoisotopic (exact) mass is 454 g/mol. The summed E-state index contributed by atoms with van der Waals surface area (Å²) in [7, 11) is 0. The molecule has 1 amide bonds. The highest BCUT2D eigenvalue weighted by Crippen LogP contribution is 2.26. The number of alkyl halides is 1. The lowest BCUT2D eigenvalue weighted by molar-refractivity contribution is 0.0996. The van der Waals surface area contributed by atoms with E-state index in [1.165, 1.54) is 12.1 Å². The minimum atomic E-state index is -0.968. The Labute approximate surface area is 191 Å². The normalized spacial score (nSPS) is 19.1. The lowest BCUT2D eigenvalue weighted by Gasteiger charge is -2.37. The summed E-state index contributed by atoms with van der Waals surface area (Å²) in [4.78, 5) is 22.4. The van der Waals surface area contributed by atoms with Gasteiger partial charge < -0.3 is 15.6 Å². The van der Waals surface area contributed by atoms with E-state index in [1.807, 2.05) is 6.07 Å². The number of nitrogens with zero attached hydrogens (tertiary/aromatic N) is 4. The molecule has 1 fully saturated rings. The minimum Gasteiger partial charge on any atom is -0.378 e. The summed E-state index contributed by atoms with van der Waals surface area (Å²) in [5, 5.41) is 3.28. The summed E-state index contributed by atoms with van der Waals surface area (Å²) in [6.07, 6.45) is 6.45. The van der Waals surface area contributed by atoms with Gasteiger partial charge in [0, 0.05) is 43.3 Å². The van der Waals surface area contributed by atoms with Gasteiger partial charge in [0.2, 0.25) is 0 Å². The first-order valence-corrected chi connectivity index (χ1v) is 11.0. The topological polar surface area (TPSA) is 89.1 Å². The van der Waals surface area contributed by atoms with Crippen LogP contribution >= 0.6 is 0 Å². The molecule has 9 heteroatoms. The molecule has 1 unspecified atom stereocenters. The molecule has 0 saturated carbocycles. The highest BCUT2D eigenvalue weighted by atomic mass is 19.1. The molecule has 3 N–H and O–H groups in total. The van der Waals surface area contributed by atoms with Crippen LogP contribution < -0.4 is 11.1 Å². The van der Waals surface area contributed by atoms with Crippen molar-refractivity contribution < 1.29 is 13.6 Å². The Kier molecular flexibility index (Phi) is 6.42. The van der Waals surface area contributed by atoms with Gasteiger partial charge in [0.1, 0.15) is 12.0 Å². The molecule has 0 spiro atoms. The number of carbonyl (C=O) groups excluding carboxylic acids is 1. The second kappa shape index (κ2) is 9.27. The zero-order valence-electron chi connectivity index (χ0n) is 18.9. The predicted molar refractivity (Wildman–Crippen MR) is 124 cm³/mol. The molecule has 1 saturated heterocycles. The van der Waals surface area contributed by atoms with E-state index in [4.69, 9.17) is 5.73 Å². The molecule has 7 nitrogen and oxygen atoms in total. The molecule has 1 aliphatic heterocycles. The number of hydrogen-bond donors (Lipinski definition) is 2. The largest absolute Gasteiger partial charge is 0.378 e. The third-order valence-corrected chi connectivity index (χ3v) is 6.10. The van der Waals surface area contributed by atoms with E-state index in [2.05, 4.69) is 34.0 Å². The Hall–Kier alpha value is -3.33. The van der Waals surface area contributed by atoms with E-state index in [1.54, 1.807) is 36.4 Å². The van der Waals surface area contributed by atoms with Crippen molar-refractivity contribution >= 4 is 11.6 Å². The van der Waals surface area contributed by atoms with Gasteiger partial charge in [0.05, 0.1) is 35.0 Å². The molecule has 2 aromatic heterocycles. The van der Waals surface area contributed by atoms with E-state index >= 15 is 0 Å². The third kappa shape index (κ3) is 4.88. The quantitative estimate of drug-likeness (QED) is 0.593. The Morgan fingerprint density at radius 1 is 1.27 bits per heavy atom. The Bertz CT molecular complexity index is 1160. The summed E-state index contributed by atoms with van der Waals surface area (Å²) in [6.45, 7) is 7.16. The zero-order valence-corrected chi connectivity index (χ0v) is 18.9. The number of carbonyl (C=O) groups is 1. The van der Waals surface area contributed by atoms with Gasteiger partial charge in [-0.3, -0.25) is 14.7 Å². The van der Waals surface area contributed by atoms with Crippen molar-refractivity contribution in [1.82, 2.24) is 19.4 Å². The fourth-order valence-corrected chi connectivity index (χ4v) is 4.16. The fourth-order valence-electron chi connectivity index (χ4n) is 4.16. The first-order chi connectivity index (χ1) is 15.7. The number of aryl methyl sites for hydroxylation is 1. The number of aromatic nitrogens is 3. The maximum atomic E-state index is 14.7. The lowest BCUT2D eigenvalue weighted by atomic mass is 10.0. The van der Waals surface area contributed by atoms with E-state index in [9.17, 15) is 13.6 Å². The average molecular weight is 455 g/mol. The van der Waals surface area contributed by atoms with E-state index in [0.717, 1.165) is 17.8 Å². The smallest absolute Gasteiger partial charge is 0.251 e. The van der Waals surface area contributed by atoms with Crippen LogP contribution in [0.5, 0.6) is 0 Å². The van der Waals surface area contributed by atoms with Gasteiger partial charge in [-0.25, -0.2) is 13.8 Å². The molecule has 33 heavy (non-hydrogen) atoms. The molecule has 0 bridgehead atoms. The molecule has 174 valence electrons. The van der Waals surface area contributed by atoms with Crippen molar-refractivity contribution in [1.29, 1.82) is 0 Å². The van der Waals surface area contributed by atoms with Crippen molar-refractivity contribution in [2.75, 3.05) is 18.4 Å². The number of anilines is 1. The summed E-state index contributed by atoms with van der Waals surface area (Å²) < 4.78 is 30.4. The van der Waals surface area contributed by atoms with Gasteiger partial charge in [0.25, 0.3) is 5.91 Å². The van der Waals surface area contributed by atoms with E-state index in [-0.39, 0.29) is 11.6 Å². The van der Waals surface area contributed by atoms with Crippen molar-refractivity contribution in [3.05, 3.63) is 60.1 Å². The summed E-state index contributed by atoms with van der Waals surface area (Å²) in [5.74, 6) is -1.49. The first kappa shape index (κ1) is 22.8. The van der Waals surface area contributed by atoms with Gasteiger partial charge in [-0.1, -0.05) is 0 Å². The summed E-state index contributed by atoms with van der Waals surface area (Å²) in [5.41, 5.74) is 8.46. The molecule has 1 aliphatic rings. The van der Waals surface area contributed by atoms with Crippen LogP contribution in [0.15, 0.2) is 43.1 Å². The number of nitrogens with two attached hydrogens (primary N) is 1. The number of benzene rings is 1. The number of primary amides is 1. The Balaban J connectivity index is 1.54. The second-order valence-corrected chi connectivity index (χ2v) is 8.76. The molecular formula is C24H28F2N6O. The van der Waals surface area contributed by atoms with Crippen LogP contribution in [-0.2, 0) is 0 Å². The van der Waals surface area contributed by atoms with Crippen molar-refractivity contribution in [3.63, 3.8) is 0 Å². The Morgan fingerprint density at radius 2 is 2.06 bits per heavy atom. The van der Waals surface area contributed by atoms with Gasteiger partial charge in [-0.15, -0.1) is 0 Å².